The SMILES string of the molecule is Oc1ccccc1Cc1nc(Cc2ccncc2)no1. The van der Waals surface area contributed by atoms with Crippen LogP contribution in [0.25, 0.3) is 0 Å². The second kappa shape index (κ2) is 5.52. The Hall–Kier alpha value is -2.69. The van der Waals surface area contributed by atoms with Crippen LogP contribution in [0.1, 0.15) is 22.8 Å². The molecule has 100 valence electrons. The topological polar surface area (TPSA) is 72.0 Å². The van der Waals surface area contributed by atoms with Crippen LogP contribution in [0, 0.1) is 0 Å². The molecule has 0 aliphatic rings. The first-order chi connectivity index (χ1) is 9.81. The van der Waals surface area contributed by atoms with E-state index in [0.717, 1.165) is 11.1 Å². The molecule has 1 N–H and O–H groups in total. The molecule has 0 saturated heterocycles. The van der Waals surface area contributed by atoms with Crippen molar-refractivity contribution in [2.45, 2.75) is 12.8 Å². The second-order valence-corrected chi connectivity index (χ2v) is 4.44. The Labute approximate surface area is 115 Å². The maximum atomic E-state index is 9.72. The summed E-state index contributed by atoms with van der Waals surface area (Å²) in [6.45, 7) is 0. The van der Waals surface area contributed by atoms with Gasteiger partial charge in [0.2, 0.25) is 5.89 Å². The molecule has 5 nitrogen and oxygen atoms in total. The van der Waals surface area contributed by atoms with Crippen LogP contribution >= 0.6 is 0 Å². The number of para-hydroxylation sites is 1. The van der Waals surface area contributed by atoms with Crippen LogP contribution < -0.4 is 0 Å². The highest BCUT2D eigenvalue weighted by atomic mass is 16.5. The molecule has 5 heteroatoms. The van der Waals surface area contributed by atoms with Crippen molar-refractivity contribution < 1.29 is 9.63 Å². The van der Waals surface area contributed by atoms with Crippen LogP contribution in [0.5, 0.6) is 5.75 Å². The number of phenols is 1. The van der Waals surface area contributed by atoms with Gasteiger partial charge >= 0.3 is 0 Å². The lowest BCUT2D eigenvalue weighted by Gasteiger charge is -1.99. The fourth-order valence-corrected chi connectivity index (χ4v) is 1.94. The van der Waals surface area contributed by atoms with Gasteiger partial charge in [0.1, 0.15) is 5.75 Å². The van der Waals surface area contributed by atoms with Crippen LogP contribution in [-0.4, -0.2) is 20.2 Å². The monoisotopic (exact) mass is 267 g/mol. The van der Waals surface area contributed by atoms with Gasteiger partial charge in [0, 0.05) is 24.4 Å². The van der Waals surface area contributed by atoms with Crippen molar-refractivity contribution in [2.75, 3.05) is 0 Å². The number of nitrogens with zero attached hydrogens (tertiary/aromatic N) is 3. The molecule has 0 bridgehead atoms. The van der Waals surface area contributed by atoms with Crippen molar-refractivity contribution in [3.05, 3.63) is 71.6 Å². The van der Waals surface area contributed by atoms with Crippen molar-refractivity contribution in [2.24, 2.45) is 0 Å². The molecule has 0 aliphatic carbocycles. The molecule has 0 saturated carbocycles. The fourth-order valence-electron chi connectivity index (χ4n) is 1.94. The highest BCUT2D eigenvalue weighted by Gasteiger charge is 2.09. The first-order valence-electron chi connectivity index (χ1n) is 6.28. The molecule has 0 amide bonds. The normalized spacial score (nSPS) is 10.6. The maximum Gasteiger partial charge on any atom is 0.231 e. The lowest BCUT2D eigenvalue weighted by atomic mass is 10.1. The molecule has 0 atom stereocenters. The van der Waals surface area contributed by atoms with Crippen LogP contribution in [0.15, 0.2) is 53.3 Å². The summed E-state index contributed by atoms with van der Waals surface area (Å²) < 4.78 is 5.21. The molecule has 1 aromatic carbocycles. The van der Waals surface area contributed by atoms with Crippen molar-refractivity contribution >= 4 is 0 Å². The third-order valence-electron chi connectivity index (χ3n) is 2.96. The van der Waals surface area contributed by atoms with E-state index in [0.29, 0.717) is 24.6 Å². The summed E-state index contributed by atoms with van der Waals surface area (Å²) in [4.78, 5) is 8.30. The third-order valence-corrected chi connectivity index (χ3v) is 2.96. The molecule has 3 aromatic rings. The Kier molecular flexibility index (Phi) is 3.41. The summed E-state index contributed by atoms with van der Waals surface area (Å²) >= 11 is 0. The van der Waals surface area contributed by atoms with Crippen LogP contribution in [0.4, 0.5) is 0 Å². The highest BCUT2D eigenvalue weighted by Crippen LogP contribution is 2.19. The molecule has 0 spiro atoms. The quantitative estimate of drug-likeness (QED) is 0.785. The molecule has 0 radical (unpaired) electrons. The summed E-state index contributed by atoms with van der Waals surface area (Å²) in [6.07, 6.45) is 4.50. The summed E-state index contributed by atoms with van der Waals surface area (Å²) in [5, 5.41) is 13.7. The molecule has 2 aromatic heterocycles. The Morgan fingerprint density at radius 1 is 1.00 bits per heavy atom. The number of aromatic nitrogens is 3. The lowest BCUT2D eigenvalue weighted by molar-refractivity contribution is 0.378. The number of hydrogen-bond acceptors (Lipinski definition) is 5. The van der Waals surface area contributed by atoms with Gasteiger partial charge < -0.3 is 9.63 Å². The number of phenolic OH excluding ortho intramolecular Hbond substituents is 1. The number of rotatable bonds is 4. The Balaban J connectivity index is 1.73. The average molecular weight is 267 g/mol. The van der Waals surface area contributed by atoms with Gasteiger partial charge in [-0.3, -0.25) is 4.98 Å². The summed E-state index contributed by atoms with van der Waals surface area (Å²) in [5.41, 5.74) is 1.85. The molecule has 3 rings (SSSR count). The van der Waals surface area contributed by atoms with E-state index in [4.69, 9.17) is 4.52 Å². The summed E-state index contributed by atoms with van der Waals surface area (Å²) in [5.74, 6) is 1.36. The first-order valence-corrected chi connectivity index (χ1v) is 6.28. The van der Waals surface area contributed by atoms with Crippen LogP contribution in [0.3, 0.4) is 0 Å². The lowest BCUT2D eigenvalue weighted by Crippen LogP contribution is -1.92. The van der Waals surface area contributed by atoms with Crippen molar-refractivity contribution in [3.8, 4) is 5.75 Å². The van der Waals surface area contributed by atoms with Gasteiger partial charge in [0.05, 0.1) is 6.42 Å². The molecule has 0 aliphatic heterocycles. The van der Waals surface area contributed by atoms with Crippen molar-refractivity contribution in [1.82, 2.24) is 15.1 Å². The van der Waals surface area contributed by atoms with E-state index in [-0.39, 0.29) is 5.75 Å². The van der Waals surface area contributed by atoms with Gasteiger partial charge in [0.25, 0.3) is 0 Å². The van der Waals surface area contributed by atoms with Crippen molar-refractivity contribution in [3.63, 3.8) is 0 Å². The van der Waals surface area contributed by atoms with Gasteiger partial charge in [0.15, 0.2) is 5.82 Å². The van der Waals surface area contributed by atoms with Gasteiger partial charge in [-0.2, -0.15) is 4.98 Å². The largest absolute Gasteiger partial charge is 0.508 e. The van der Waals surface area contributed by atoms with E-state index in [1.165, 1.54) is 0 Å². The second-order valence-electron chi connectivity index (χ2n) is 4.44. The van der Waals surface area contributed by atoms with Gasteiger partial charge in [-0.15, -0.1) is 0 Å². The standard InChI is InChI=1S/C15H13N3O2/c19-13-4-2-1-3-12(13)10-15-17-14(18-20-15)9-11-5-7-16-8-6-11/h1-8,19H,9-10H2. The van der Waals surface area contributed by atoms with E-state index in [2.05, 4.69) is 15.1 Å². The molecule has 20 heavy (non-hydrogen) atoms. The number of hydrogen-bond donors (Lipinski definition) is 1. The Morgan fingerprint density at radius 3 is 2.60 bits per heavy atom. The first kappa shape index (κ1) is 12.3. The minimum atomic E-state index is 0.237. The van der Waals surface area contributed by atoms with Crippen LogP contribution in [-0.2, 0) is 12.8 Å². The summed E-state index contributed by atoms with van der Waals surface area (Å²) in [6, 6.07) is 11.0. The Morgan fingerprint density at radius 2 is 1.80 bits per heavy atom. The number of pyridine rings is 1. The predicted octanol–water partition coefficient (Wildman–Crippen LogP) is 2.35. The minimum Gasteiger partial charge on any atom is -0.508 e. The number of aromatic hydroxyl groups is 1. The molecular formula is C15H13N3O2. The predicted molar refractivity (Wildman–Crippen MR) is 72.3 cm³/mol. The molecular weight excluding hydrogens is 254 g/mol. The smallest absolute Gasteiger partial charge is 0.231 e. The zero-order valence-electron chi connectivity index (χ0n) is 10.7. The zero-order valence-corrected chi connectivity index (χ0v) is 10.7. The summed E-state index contributed by atoms with van der Waals surface area (Å²) in [7, 11) is 0. The van der Waals surface area contributed by atoms with E-state index in [1.807, 2.05) is 24.3 Å². The van der Waals surface area contributed by atoms with Gasteiger partial charge in [-0.1, -0.05) is 23.4 Å². The van der Waals surface area contributed by atoms with E-state index in [1.54, 1.807) is 24.5 Å². The van der Waals surface area contributed by atoms with E-state index < -0.39 is 0 Å². The highest BCUT2D eigenvalue weighted by molar-refractivity contribution is 5.33. The van der Waals surface area contributed by atoms with E-state index >= 15 is 0 Å². The van der Waals surface area contributed by atoms with Gasteiger partial charge in [-0.25, -0.2) is 0 Å². The average Bonchev–Trinajstić information content (AvgIpc) is 2.90. The van der Waals surface area contributed by atoms with E-state index in [9.17, 15) is 5.11 Å². The van der Waals surface area contributed by atoms with Crippen LogP contribution in [0.2, 0.25) is 0 Å². The number of benzene rings is 1. The zero-order chi connectivity index (χ0) is 13.8. The molecule has 0 unspecified atom stereocenters. The molecule has 0 fully saturated rings. The maximum absolute atomic E-state index is 9.72. The molecule has 2 heterocycles. The fraction of sp³-hybridized carbons (Fsp3) is 0.133. The minimum absolute atomic E-state index is 0.237. The van der Waals surface area contributed by atoms with Gasteiger partial charge in [-0.05, 0) is 23.8 Å². The van der Waals surface area contributed by atoms with Crippen molar-refractivity contribution in [1.29, 1.82) is 0 Å². The Bertz CT molecular complexity index is 695. The third kappa shape index (κ3) is 2.83.